The van der Waals surface area contributed by atoms with Crippen LogP contribution < -0.4 is 4.74 Å². The maximum atomic E-state index is 13.0. The molecule has 1 unspecified atom stereocenters. The van der Waals surface area contributed by atoms with Crippen LogP contribution in [0.15, 0.2) is 66.9 Å². The Kier molecular flexibility index (Phi) is 4.92. The molecule has 5 nitrogen and oxygen atoms in total. The third-order valence-electron chi connectivity index (χ3n) is 5.07. The monoisotopic (exact) mass is 361 g/mol. The Labute approximate surface area is 159 Å². The minimum Gasteiger partial charge on any atom is -0.497 e. The van der Waals surface area contributed by atoms with Crippen LogP contribution in [-0.2, 0) is 6.42 Å². The Balaban J connectivity index is 1.50. The van der Waals surface area contributed by atoms with E-state index in [1.807, 2.05) is 59.6 Å². The van der Waals surface area contributed by atoms with Crippen molar-refractivity contribution in [2.75, 3.05) is 13.7 Å². The average Bonchev–Trinajstić information content (AvgIpc) is 3.38. The Hall–Kier alpha value is -3.08. The number of para-hydroxylation sites is 1. The third kappa shape index (κ3) is 3.72. The molecule has 4 rings (SSSR count). The molecule has 3 aromatic rings. The minimum absolute atomic E-state index is 0.00933. The molecule has 0 bridgehead atoms. The van der Waals surface area contributed by atoms with Gasteiger partial charge in [0, 0.05) is 18.8 Å². The number of hydrogen-bond donors (Lipinski definition) is 0. The van der Waals surface area contributed by atoms with Crippen molar-refractivity contribution in [2.45, 2.75) is 25.3 Å². The molecule has 2 aromatic carbocycles. The lowest BCUT2D eigenvalue weighted by Gasteiger charge is -2.24. The topological polar surface area (TPSA) is 47.4 Å². The predicted octanol–water partition coefficient (Wildman–Crippen LogP) is 3.73. The van der Waals surface area contributed by atoms with E-state index in [-0.39, 0.29) is 11.9 Å². The fraction of sp³-hybridized carbons (Fsp3) is 0.273. The smallest absolute Gasteiger partial charge is 0.274 e. The summed E-state index contributed by atoms with van der Waals surface area (Å²) in [6.45, 7) is 0.783. The number of rotatable bonds is 5. The number of carbonyl (C=O) groups is 1. The van der Waals surface area contributed by atoms with Crippen LogP contribution in [0.1, 0.15) is 28.9 Å². The quantitative estimate of drug-likeness (QED) is 0.696. The number of amides is 1. The van der Waals surface area contributed by atoms with Gasteiger partial charge in [0.05, 0.1) is 12.8 Å². The van der Waals surface area contributed by atoms with Crippen molar-refractivity contribution in [3.8, 4) is 11.4 Å². The SMILES string of the molecule is COc1cccc(CC2CCCN2C(=O)c2ccn(-c3ccccc3)n2)c1. The van der Waals surface area contributed by atoms with Gasteiger partial charge in [0.1, 0.15) is 5.75 Å². The first-order valence-electron chi connectivity index (χ1n) is 9.29. The lowest BCUT2D eigenvalue weighted by atomic mass is 10.0. The van der Waals surface area contributed by atoms with Crippen LogP contribution in [0.4, 0.5) is 0 Å². The summed E-state index contributed by atoms with van der Waals surface area (Å²) in [4.78, 5) is 15.0. The van der Waals surface area contributed by atoms with E-state index in [1.165, 1.54) is 5.56 Å². The molecule has 0 aliphatic carbocycles. The van der Waals surface area contributed by atoms with E-state index in [0.29, 0.717) is 5.69 Å². The number of methoxy groups -OCH3 is 1. The molecule has 1 saturated heterocycles. The van der Waals surface area contributed by atoms with E-state index in [9.17, 15) is 4.79 Å². The Morgan fingerprint density at radius 2 is 2.00 bits per heavy atom. The van der Waals surface area contributed by atoms with E-state index in [2.05, 4.69) is 11.2 Å². The highest BCUT2D eigenvalue weighted by Gasteiger charge is 2.30. The van der Waals surface area contributed by atoms with Crippen LogP contribution in [0.3, 0.4) is 0 Å². The maximum Gasteiger partial charge on any atom is 0.274 e. The summed E-state index contributed by atoms with van der Waals surface area (Å²) in [7, 11) is 1.67. The first kappa shape index (κ1) is 17.3. The largest absolute Gasteiger partial charge is 0.497 e. The molecule has 138 valence electrons. The molecular formula is C22H23N3O2. The van der Waals surface area contributed by atoms with Crippen molar-refractivity contribution in [1.29, 1.82) is 0 Å². The molecule has 1 aliphatic rings. The average molecular weight is 361 g/mol. The Bertz CT molecular complexity index is 920. The van der Waals surface area contributed by atoms with Gasteiger partial charge in [-0.1, -0.05) is 30.3 Å². The molecule has 5 heteroatoms. The fourth-order valence-corrected chi connectivity index (χ4v) is 3.70. The van der Waals surface area contributed by atoms with Gasteiger partial charge in [-0.2, -0.15) is 5.10 Å². The number of ether oxygens (including phenoxy) is 1. The van der Waals surface area contributed by atoms with Crippen molar-refractivity contribution in [3.05, 3.63) is 78.1 Å². The molecule has 27 heavy (non-hydrogen) atoms. The number of hydrogen-bond acceptors (Lipinski definition) is 3. The highest BCUT2D eigenvalue weighted by Crippen LogP contribution is 2.24. The Morgan fingerprint density at radius 3 is 2.81 bits per heavy atom. The summed E-state index contributed by atoms with van der Waals surface area (Å²) in [5.41, 5.74) is 2.64. The van der Waals surface area contributed by atoms with Crippen LogP contribution >= 0.6 is 0 Å². The van der Waals surface area contributed by atoms with Gasteiger partial charge in [0.25, 0.3) is 5.91 Å². The van der Waals surface area contributed by atoms with Crippen molar-refractivity contribution < 1.29 is 9.53 Å². The second-order valence-electron chi connectivity index (χ2n) is 6.83. The third-order valence-corrected chi connectivity index (χ3v) is 5.07. The van der Waals surface area contributed by atoms with Gasteiger partial charge in [0.15, 0.2) is 5.69 Å². The molecule has 1 amide bonds. The van der Waals surface area contributed by atoms with Gasteiger partial charge < -0.3 is 9.64 Å². The van der Waals surface area contributed by atoms with Crippen molar-refractivity contribution >= 4 is 5.91 Å². The lowest BCUT2D eigenvalue weighted by Crippen LogP contribution is -2.37. The van der Waals surface area contributed by atoms with Crippen LogP contribution in [-0.4, -0.2) is 40.3 Å². The number of likely N-dealkylation sites (tertiary alicyclic amines) is 1. The van der Waals surface area contributed by atoms with Crippen LogP contribution in [0, 0.1) is 0 Å². The number of benzene rings is 2. The molecule has 1 atom stereocenters. The summed E-state index contributed by atoms with van der Waals surface area (Å²) in [5, 5.41) is 4.50. The van der Waals surface area contributed by atoms with Gasteiger partial charge in [-0.25, -0.2) is 4.68 Å². The zero-order valence-electron chi connectivity index (χ0n) is 15.4. The summed E-state index contributed by atoms with van der Waals surface area (Å²) < 4.78 is 7.06. The van der Waals surface area contributed by atoms with Crippen LogP contribution in [0.2, 0.25) is 0 Å². The second-order valence-corrected chi connectivity index (χ2v) is 6.83. The van der Waals surface area contributed by atoms with Gasteiger partial charge in [-0.15, -0.1) is 0 Å². The number of carbonyl (C=O) groups excluding carboxylic acids is 1. The van der Waals surface area contributed by atoms with Crippen molar-refractivity contribution in [3.63, 3.8) is 0 Å². The first-order valence-corrected chi connectivity index (χ1v) is 9.29. The predicted molar refractivity (Wildman–Crippen MR) is 104 cm³/mol. The molecule has 0 saturated carbocycles. The lowest BCUT2D eigenvalue weighted by molar-refractivity contribution is 0.0730. The Morgan fingerprint density at radius 1 is 1.15 bits per heavy atom. The van der Waals surface area contributed by atoms with Crippen LogP contribution in [0.25, 0.3) is 5.69 Å². The highest BCUT2D eigenvalue weighted by molar-refractivity contribution is 5.92. The summed E-state index contributed by atoms with van der Waals surface area (Å²) in [6.07, 6.45) is 4.72. The van der Waals surface area contributed by atoms with Crippen LogP contribution in [0.5, 0.6) is 5.75 Å². The van der Waals surface area contributed by atoms with Gasteiger partial charge in [-0.3, -0.25) is 4.79 Å². The number of aromatic nitrogens is 2. The summed E-state index contributed by atoms with van der Waals surface area (Å²) >= 11 is 0. The van der Waals surface area contributed by atoms with Gasteiger partial charge in [-0.05, 0) is 55.2 Å². The highest BCUT2D eigenvalue weighted by atomic mass is 16.5. The standard InChI is InChI=1S/C22H23N3O2/c1-27-20-11-5-7-17(16-20)15-19-10-6-13-24(19)22(26)21-12-14-25(23-21)18-8-3-2-4-9-18/h2-5,7-9,11-12,14,16,19H,6,10,13,15H2,1H3. The van der Waals surface area contributed by atoms with E-state index in [1.54, 1.807) is 17.9 Å². The molecule has 1 aromatic heterocycles. The van der Waals surface area contributed by atoms with Gasteiger partial charge >= 0.3 is 0 Å². The van der Waals surface area contributed by atoms with Gasteiger partial charge in [0.2, 0.25) is 0 Å². The normalized spacial score (nSPS) is 16.5. The second kappa shape index (κ2) is 7.66. The molecule has 1 fully saturated rings. The molecule has 2 heterocycles. The number of nitrogens with zero attached hydrogens (tertiary/aromatic N) is 3. The van der Waals surface area contributed by atoms with Crippen molar-refractivity contribution in [2.24, 2.45) is 0 Å². The van der Waals surface area contributed by atoms with E-state index >= 15 is 0 Å². The van der Waals surface area contributed by atoms with E-state index in [4.69, 9.17) is 4.74 Å². The van der Waals surface area contributed by atoms with E-state index in [0.717, 1.165) is 37.2 Å². The van der Waals surface area contributed by atoms with Crippen molar-refractivity contribution in [1.82, 2.24) is 14.7 Å². The fourth-order valence-electron chi connectivity index (χ4n) is 3.70. The zero-order valence-corrected chi connectivity index (χ0v) is 15.4. The molecule has 0 N–H and O–H groups in total. The summed E-state index contributed by atoms with van der Waals surface area (Å²) in [5.74, 6) is 0.861. The molecular weight excluding hydrogens is 338 g/mol. The molecule has 0 spiro atoms. The van der Waals surface area contributed by atoms with E-state index < -0.39 is 0 Å². The maximum absolute atomic E-state index is 13.0. The molecule has 1 aliphatic heterocycles. The summed E-state index contributed by atoms with van der Waals surface area (Å²) in [6, 6.07) is 19.9. The zero-order chi connectivity index (χ0) is 18.6. The first-order chi connectivity index (χ1) is 13.2. The molecule has 0 radical (unpaired) electrons. The minimum atomic E-state index is 0.00933.